The van der Waals surface area contributed by atoms with Gasteiger partial charge in [-0.3, -0.25) is 0 Å². The second kappa shape index (κ2) is 4.15. The fraction of sp³-hybridized carbons (Fsp3) is 0.500. The topological polar surface area (TPSA) is 16.1 Å². The van der Waals surface area contributed by atoms with E-state index in [1.807, 2.05) is 22.7 Å². The highest BCUT2D eigenvalue weighted by molar-refractivity contribution is 7.12. The van der Waals surface area contributed by atoms with Gasteiger partial charge in [-0.1, -0.05) is 0 Å². The quantitative estimate of drug-likeness (QED) is 0.793. The second-order valence-electron chi connectivity index (χ2n) is 5.33. The highest BCUT2D eigenvalue weighted by Gasteiger charge is 2.28. The van der Waals surface area contributed by atoms with Gasteiger partial charge in [0.15, 0.2) is 0 Å². The lowest BCUT2D eigenvalue weighted by atomic mass is 10.0. The predicted molar refractivity (Wildman–Crippen MR) is 77.7 cm³/mol. The summed E-state index contributed by atoms with van der Waals surface area (Å²) in [7, 11) is 2.21. The van der Waals surface area contributed by atoms with E-state index in [9.17, 15) is 0 Å². The Bertz CT molecular complexity index is 584. The zero-order valence-corrected chi connectivity index (χ0v) is 12.1. The molecule has 0 radical (unpaired) electrons. The van der Waals surface area contributed by atoms with Gasteiger partial charge in [-0.15, -0.1) is 22.7 Å². The molecule has 1 unspecified atom stereocenters. The molecule has 0 bridgehead atoms. The molecule has 0 aromatic carbocycles. The summed E-state index contributed by atoms with van der Waals surface area (Å²) in [5, 5.41) is 3.59. The maximum Gasteiger partial charge on any atom is 0.0979 e. The standard InChI is InChI=1S/C14H16N2S2/c1-16-6-4-9(8-16)14-15-13-10-5-7-17-11(10)2-3-12(13)18-14/h5,7,9H,2-4,6,8H2,1H3. The Morgan fingerprint density at radius 1 is 1.33 bits per heavy atom. The number of hydrogen-bond donors (Lipinski definition) is 0. The lowest BCUT2D eigenvalue weighted by Gasteiger charge is -2.09. The molecule has 1 aliphatic carbocycles. The third-order valence-corrected chi connectivity index (χ3v) is 6.29. The van der Waals surface area contributed by atoms with Crippen LogP contribution in [-0.4, -0.2) is 30.0 Å². The Kier molecular flexibility index (Phi) is 2.57. The smallest absolute Gasteiger partial charge is 0.0979 e. The summed E-state index contributed by atoms with van der Waals surface area (Å²) >= 11 is 3.86. The van der Waals surface area contributed by atoms with Gasteiger partial charge in [0.2, 0.25) is 0 Å². The molecule has 1 saturated heterocycles. The number of thiophene rings is 1. The number of aryl methyl sites for hydroxylation is 2. The zero-order chi connectivity index (χ0) is 12.1. The Morgan fingerprint density at radius 2 is 2.22 bits per heavy atom. The predicted octanol–water partition coefficient (Wildman–Crippen LogP) is 3.39. The van der Waals surface area contributed by atoms with E-state index in [1.165, 1.54) is 58.4 Å². The summed E-state index contributed by atoms with van der Waals surface area (Å²) in [6.45, 7) is 2.40. The highest BCUT2D eigenvalue weighted by Crippen LogP contribution is 2.41. The van der Waals surface area contributed by atoms with Crippen molar-refractivity contribution in [2.24, 2.45) is 0 Å². The van der Waals surface area contributed by atoms with E-state index < -0.39 is 0 Å². The number of fused-ring (bicyclic) bond motifs is 3. The van der Waals surface area contributed by atoms with Crippen LogP contribution in [0.25, 0.3) is 11.3 Å². The fourth-order valence-electron chi connectivity index (χ4n) is 3.03. The van der Waals surface area contributed by atoms with Crippen LogP contribution in [0.5, 0.6) is 0 Å². The van der Waals surface area contributed by atoms with Crippen LogP contribution in [0, 0.1) is 0 Å². The van der Waals surface area contributed by atoms with Crippen molar-refractivity contribution in [3.05, 3.63) is 26.2 Å². The molecule has 2 nitrogen and oxygen atoms in total. The molecule has 0 saturated carbocycles. The van der Waals surface area contributed by atoms with Crippen LogP contribution in [-0.2, 0) is 12.8 Å². The number of likely N-dealkylation sites (N-methyl/N-ethyl adjacent to an activating group) is 1. The molecule has 94 valence electrons. The largest absolute Gasteiger partial charge is 0.306 e. The minimum Gasteiger partial charge on any atom is -0.306 e. The van der Waals surface area contributed by atoms with Gasteiger partial charge >= 0.3 is 0 Å². The first kappa shape index (κ1) is 11.1. The van der Waals surface area contributed by atoms with Crippen LogP contribution in [0.15, 0.2) is 11.4 Å². The van der Waals surface area contributed by atoms with E-state index in [4.69, 9.17) is 4.98 Å². The monoisotopic (exact) mass is 276 g/mol. The number of rotatable bonds is 1. The van der Waals surface area contributed by atoms with Crippen LogP contribution in [0.1, 0.15) is 27.1 Å². The first-order chi connectivity index (χ1) is 8.81. The van der Waals surface area contributed by atoms with Crippen molar-refractivity contribution in [2.75, 3.05) is 20.1 Å². The van der Waals surface area contributed by atoms with Crippen LogP contribution in [0.2, 0.25) is 0 Å². The van der Waals surface area contributed by atoms with Crippen molar-refractivity contribution in [3.8, 4) is 11.3 Å². The maximum atomic E-state index is 4.98. The minimum atomic E-state index is 0.674. The van der Waals surface area contributed by atoms with E-state index in [2.05, 4.69) is 23.4 Å². The molecule has 4 heteroatoms. The van der Waals surface area contributed by atoms with Gasteiger partial charge in [-0.25, -0.2) is 4.98 Å². The Morgan fingerprint density at radius 3 is 3.06 bits per heavy atom. The third kappa shape index (κ3) is 1.67. The molecule has 18 heavy (non-hydrogen) atoms. The highest BCUT2D eigenvalue weighted by atomic mass is 32.1. The van der Waals surface area contributed by atoms with Crippen LogP contribution >= 0.6 is 22.7 Å². The lowest BCUT2D eigenvalue weighted by molar-refractivity contribution is 0.411. The van der Waals surface area contributed by atoms with E-state index >= 15 is 0 Å². The van der Waals surface area contributed by atoms with Crippen molar-refractivity contribution in [2.45, 2.75) is 25.2 Å². The molecule has 2 aromatic rings. The van der Waals surface area contributed by atoms with Gasteiger partial charge in [0, 0.05) is 27.8 Å². The van der Waals surface area contributed by atoms with Gasteiger partial charge in [-0.2, -0.15) is 0 Å². The Labute approximate surface area is 115 Å². The molecular weight excluding hydrogens is 260 g/mol. The van der Waals surface area contributed by atoms with Crippen LogP contribution in [0.3, 0.4) is 0 Å². The molecule has 3 heterocycles. The zero-order valence-electron chi connectivity index (χ0n) is 10.5. The van der Waals surface area contributed by atoms with Crippen LogP contribution < -0.4 is 0 Å². The minimum absolute atomic E-state index is 0.674. The summed E-state index contributed by atoms with van der Waals surface area (Å²) < 4.78 is 0. The molecule has 0 amide bonds. The van der Waals surface area contributed by atoms with E-state index in [0.717, 1.165) is 0 Å². The number of hydrogen-bond acceptors (Lipinski definition) is 4. The van der Waals surface area contributed by atoms with Crippen molar-refractivity contribution in [1.82, 2.24) is 9.88 Å². The molecule has 1 atom stereocenters. The number of nitrogens with zero attached hydrogens (tertiary/aromatic N) is 2. The normalized spacial score (nSPS) is 23.1. The van der Waals surface area contributed by atoms with Crippen molar-refractivity contribution in [1.29, 1.82) is 0 Å². The van der Waals surface area contributed by atoms with Crippen LogP contribution in [0.4, 0.5) is 0 Å². The van der Waals surface area contributed by atoms with Crippen molar-refractivity contribution < 1.29 is 0 Å². The molecule has 2 aliphatic rings. The first-order valence-corrected chi connectivity index (χ1v) is 8.26. The average molecular weight is 276 g/mol. The molecule has 0 spiro atoms. The van der Waals surface area contributed by atoms with Gasteiger partial charge in [0.1, 0.15) is 0 Å². The van der Waals surface area contributed by atoms with Gasteiger partial charge < -0.3 is 4.90 Å². The van der Waals surface area contributed by atoms with E-state index in [-0.39, 0.29) is 0 Å². The Balaban J connectivity index is 1.74. The molecule has 2 aromatic heterocycles. The lowest BCUT2D eigenvalue weighted by Crippen LogP contribution is -2.13. The summed E-state index contributed by atoms with van der Waals surface area (Å²) in [5.74, 6) is 0.674. The summed E-state index contributed by atoms with van der Waals surface area (Å²) in [4.78, 5) is 10.4. The summed E-state index contributed by atoms with van der Waals surface area (Å²) in [6.07, 6.45) is 3.69. The first-order valence-electron chi connectivity index (χ1n) is 6.56. The number of aromatic nitrogens is 1. The third-order valence-electron chi connectivity index (χ3n) is 4.03. The fourth-order valence-corrected chi connectivity index (χ4v) is 5.12. The summed E-state index contributed by atoms with van der Waals surface area (Å²) in [5.41, 5.74) is 2.71. The van der Waals surface area contributed by atoms with Gasteiger partial charge in [-0.05, 0) is 44.3 Å². The van der Waals surface area contributed by atoms with E-state index in [1.54, 1.807) is 0 Å². The van der Waals surface area contributed by atoms with E-state index in [0.29, 0.717) is 5.92 Å². The van der Waals surface area contributed by atoms with Gasteiger partial charge in [0.05, 0.1) is 10.7 Å². The average Bonchev–Trinajstić information content (AvgIpc) is 3.04. The molecule has 1 aliphatic heterocycles. The Hall–Kier alpha value is -0.710. The number of likely N-dealkylation sites (tertiary alicyclic amines) is 1. The van der Waals surface area contributed by atoms with Crippen molar-refractivity contribution >= 4 is 22.7 Å². The molecule has 1 fully saturated rings. The molecular formula is C14H16N2S2. The summed E-state index contributed by atoms with van der Waals surface area (Å²) in [6, 6.07) is 2.25. The maximum absolute atomic E-state index is 4.98. The number of thiazole rings is 1. The van der Waals surface area contributed by atoms with Crippen molar-refractivity contribution in [3.63, 3.8) is 0 Å². The molecule has 4 rings (SSSR count). The van der Waals surface area contributed by atoms with Gasteiger partial charge in [0.25, 0.3) is 0 Å². The molecule has 0 N–H and O–H groups in total. The second-order valence-corrected chi connectivity index (χ2v) is 7.45. The SMILES string of the molecule is CN1CCC(c2nc3c(s2)CCc2sccc2-3)C1.